The first kappa shape index (κ1) is 18.5. The van der Waals surface area contributed by atoms with Crippen molar-refractivity contribution in [2.24, 2.45) is 5.92 Å². The van der Waals surface area contributed by atoms with Gasteiger partial charge in [-0.1, -0.05) is 42.0 Å². The Morgan fingerprint density at radius 1 is 1.12 bits per heavy atom. The molecule has 1 aliphatic rings. The standard InChI is InChI=1S/C23H28O3/c1-14-6-8-17(9-7-14)12-19-13-20(19)18-10-15(2)21(16(3)11-18)26-23(4,5)22(24)25/h6-11,19-20H,12-13H2,1-5H3,(H,24,25). The third-order valence-corrected chi connectivity index (χ3v) is 5.32. The van der Waals surface area contributed by atoms with Crippen LogP contribution in [0.3, 0.4) is 0 Å². The van der Waals surface area contributed by atoms with Crippen LogP contribution in [0.1, 0.15) is 54.0 Å². The van der Waals surface area contributed by atoms with Gasteiger partial charge < -0.3 is 9.84 Å². The Morgan fingerprint density at radius 2 is 1.69 bits per heavy atom. The third kappa shape index (κ3) is 3.92. The van der Waals surface area contributed by atoms with E-state index in [1.807, 2.05) is 13.8 Å². The molecule has 1 aliphatic carbocycles. The summed E-state index contributed by atoms with van der Waals surface area (Å²) in [6.45, 7) is 9.29. The van der Waals surface area contributed by atoms with Crippen molar-refractivity contribution in [3.8, 4) is 5.75 Å². The number of aliphatic carboxylic acids is 1. The highest BCUT2D eigenvalue weighted by Crippen LogP contribution is 2.50. The smallest absolute Gasteiger partial charge is 0.347 e. The van der Waals surface area contributed by atoms with Crippen molar-refractivity contribution in [1.82, 2.24) is 0 Å². The topological polar surface area (TPSA) is 46.5 Å². The molecule has 0 saturated heterocycles. The van der Waals surface area contributed by atoms with Gasteiger partial charge in [0, 0.05) is 0 Å². The van der Waals surface area contributed by atoms with Gasteiger partial charge in [0.2, 0.25) is 0 Å². The average molecular weight is 352 g/mol. The molecule has 0 amide bonds. The second-order valence-corrected chi connectivity index (χ2v) is 8.19. The van der Waals surface area contributed by atoms with Crippen molar-refractivity contribution >= 4 is 5.97 Å². The van der Waals surface area contributed by atoms with E-state index in [0.29, 0.717) is 17.6 Å². The van der Waals surface area contributed by atoms with Crippen molar-refractivity contribution < 1.29 is 14.6 Å². The van der Waals surface area contributed by atoms with E-state index in [1.54, 1.807) is 13.8 Å². The van der Waals surface area contributed by atoms with Crippen LogP contribution in [0.2, 0.25) is 0 Å². The van der Waals surface area contributed by atoms with Gasteiger partial charge in [-0.2, -0.15) is 0 Å². The zero-order valence-electron chi connectivity index (χ0n) is 16.3. The van der Waals surface area contributed by atoms with Gasteiger partial charge in [-0.05, 0) is 81.5 Å². The van der Waals surface area contributed by atoms with Gasteiger partial charge in [-0.25, -0.2) is 4.79 Å². The molecule has 0 bridgehead atoms. The zero-order chi connectivity index (χ0) is 19.1. The Balaban J connectivity index is 1.73. The largest absolute Gasteiger partial charge is 0.478 e. The van der Waals surface area contributed by atoms with Crippen LogP contribution in [0.5, 0.6) is 5.75 Å². The lowest BCUT2D eigenvalue weighted by molar-refractivity contribution is -0.152. The fourth-order valence-electron chi connectivity index (χ4n) is 3.57. The summed E-state index contributed by atoms with van der Waals surface area (Å²) in [5, 5.41) is 9.30. The average Bonchev–Trinajstić information content (AvgIpc) is 3.32. The molecule has 0 heterocycles. The van der Waals surface area contributed by atoms with Gasteiger partial charge >= 0.3 is 5.97 Å². The maximum atomic E-state index is 11.3. The number of benzene rings is 2. The van der Waals surface area contributed by atoms with Crippen molar-refractivity contribution in [3.63, 3.8) is 0 Å². The van der Waals surface area contributed by atoms with Gasteiger partial charge in [0.15, 0.2) is 5.60 Å². The van der Waals surface area contributed by atoms with Crippen molar-refractivity contribution in [2.45, 2.75) is 59.0 Å². The molecule has 2 atom stereocenters. The van der Waals surface area contributed by atoms with Crippen LogP contribution in [0, 0.1) is 26.7 Å². The maximum absolute atomic E-state index is 11.3. The molecule has 3 rings (SSSR count). The van der Waals surface area contributed by atoms with Crippen LogP contribution < -0.4 is 4.74 Å². The molecule has 26 heavy (non-hydrogen) atoms. The lowest BCUT2D eigenvalue weighted by atomic mass is 9.99. The number of hydrogen-bond acceptors (Lipinski definition) is 2. The van der Waals surface area contributed by atoms with Crippen LogP contribution in [0.15, 0.2) is 36.4 Å². The number of carboxylic acid groups (broad SMARTS) is 1. The van der Waals surface area contributed by atoms with E-state index in [2.05, 4.69) is 43.3 Å². The minimum Gasteiger partial charge on any atom is -0.478 e. The number of hydrogen-bond donors (Lipinski definition) is 1. The Hall–Kier alpha value is -2.29. The summed E-state index contributed by atoms with van der Waals surface area (Å²) in [5.41, 5.74) is 4.83. The molecule has 1 saturated carbocycles. The van der Waals surface area contributed by atoms with Gasteiger partial charge in [0.25, 0.3) is 0 Å². The predicted molar refractivity (Wildman–Crippen MR) is 104 cm³/mol. The predicted octanol–water partition coefficient (Wildman–Crippen LogP) is 5.20. The Labute approximate surface area is 156 Å². The van der Waals surface area contributed by atoms with Crippen molar-refractivity contribution in [3.05, 3.63) is 64.2 Å². The third-order valence-electron chi connectivity index (χ3n) is 5.32. The van der Waals surface area contributed by atoms with Gasteiger partial charge in [0.05, 0.1) is 0 Å². The molecule has 2 aromatic carbocycles. The normalized spacial score (nSPS) is 19.3. The van der Waals surface area contributed by atoms with E-state index in [9.17, 15) is 9.90 Å². The van der Waals surface area contributed by atoms with E-state index in [4.69, 9.17) is 4.74 Å². The first-order valence-electron chi connectivity index (χ1n) is 9.26. The maximum Gasteiger partial charge on any atom is 0.347 e. The summed E-state index contributed by atoms with van der Waals surface area (Å²) in [4.78, 5) is 11.3. The second kappa shape index (κ2) is 6.79. The van der Waals surface area contributed by atoms with Crippen LogP contribution in [0.4, 0.5) is 0 Å². The summed E-state index contributed by atoms with van der Waals surface area (Å²) in [6.07, 6.45) is 2.33. The number of carboxylic acids is 1. The lowest BCUT2D eigenvalue weighted by Crippen LogP contribution is -2.38. The van der Waals surface area contributed by atoms with Crippen LogP contribution in [0.25, 0.3) is 0 Å². The quantitative estimate of drug-likeness (QED) is 0.777. The van der Waals surface area contributed by atoms with E-state index < -0.39 is 11.6 Å². The van der Waals surface area contributed by atoms with Crippen LogP contribution in [-0.4, -0.2) is 16.7 Å². The molecule has 0 aromatic heterocycles. The summed E-state index contributed by atoms with van der Waals surface area (Å²) < 4.78 is 5.81. The molecule has 0 spiro atoms. The SMILES string of the molecule is Cc1ccc(CC2CC2c2cc(C)c(OC(C)(C)C(=O)O)c(C)c2)cc1. The van der Waals surface area contributed by atoms with E-state index in [0.717, 1.165) is 17.5 Å². The molecule has 3 heteroatoms. The molecular weight excluding hydrogens is 324 g/mol. The molecule has 2 aromatic rings. The number of rotatable bonds is 6. The summed E-state index contributed by atoms with van der Waals surface area (Å²) >= 11 is 0. The molecule has 1 fully saturated rings. The highest BCUT2D eigenvalue weighted by molar-refractivity contribution is 5.77. The van der Waals surface area contributed by atoms with Crippen LogP contribution in [-0.2, 0) is 11.2 Å². The van der Waals surface area contributed by atoms with Crippen molar-refractivity contribution in [2.75, 3.05) is 0 Å². The van der Waals surface area contributed by atoms with Gasteiger partial charge in [-0.15, -0.1) is 0 Å². The summed E-state index contributed by atoms with van der Waals surface area (Å²) in [6, 6.07) is 13.1. The Bertz CT molecular complexity index is 795. The lowest BCUT2D eigenvalue weighted by Gasteiger charge is -2.24. The molecule has 1 N–H and O–H groups in total. The molecule has 2 unspecified atom stereocenters. The molecule has 138 valence electrons. The highest BCUT2D eigenvalue weighted by atomic mass is 16.5. The summed E-state index contributed by atoms with van der Waals surface area (Å²) in [5.74, 6) is 1.02. The minimum absolute atomic E-state index is 0.593. The zero-order valence-corrected chi connectivity index (χ0v) is 16.3. The second-order valence-electron chi connectivity index (χ2n) is 8.19. The summed E-state index contributed by atoms with van der Waals surface area (Å²) in [7, 11) is 0. The molecule has 0 aliphatic heterocycles. The number of carbonyl (C=O) groups is 1. The minimum atomic E-state index is -1.23. The monoisotopic (exact) mass is 352 g/mol. The Morgan fingerprint density at radius 3 is 2.23 bits per heavy atom. The Kier molecular flexibility index (Phi) is 4.83. The van der Waals surface area contributed by atoms with Crippen LogP contribution >= 0.6 is 0 Å². The fraction of sp³-hybridized carbons (Fsp3) is 0.435. The number of ether oxygens (including phenoxy) is 1. The number of aryl methyl sites for hydroxylation is 3. The van der Waals surface area contributed by atoms with Gasteiger partial charge in [-0.3, -0.25) is 0 Å². The van der Waals surface area contributed by atoms with Gasteiger partial charge in [0.1, 0.15) is 5.75 Å². The molecular formula is C23H28O3. The van der Waals surface area contributed by atoms with E-state index in [-0.39, 0.29) is 0 Å². The highest BCUT2D eigenvalue weighted by Gasteiger charge is 2.38. The fourth-order valence-corrected chi connectivity index (χ4v) is 3.57. The molecule has 0 radical (unpaired) electrons. The van der Waals surface area contributed by atoms with E-state index in [1.165, 1.54) is 23.1 Å². The van der Waals surface area contributed by atoms with Crippen molar-refractivity contribution in [1.29, 1.82) is 0 Å². The first-order valence-corrected chi connectivity index (χ1v) is 9.26. The van der Waals surface area contributed by atoms with E-state index >= 15 is 0 Å². The molecule has 3 nitrogen and oxygen atoms in total. The first-order chi connectivity index (χ1) is 12.2.